The number of carbonyl (C=O) groups excluding carboxylic acids is 1. The van der Waals surface area contributed by atoms with Crippen molar-refractivity contribution in [2.24, 2.45) is 0 Å². The Morgan fingerprint density at radius 1 is 1.18 bits per heavy atom. The number of aromatic nitrogens is 6. The van der Waals surface area contributed by atoms with Gasteiger partial charge in [0.1, 0.15) is 11.4 Å². The summed E-state index contributed by atoms with van der Waals surface area (Å²) in [4.78, 5) is 22.7. The number of hydrogen-bond donors (Lipinski definition) is 1. The van der Waals surface area contributed by atoms with Crippen LogP contribution < -0.4 is 0 Å². The van der Waals surface area contributed by atoms with E-state index in [4.69, 9.17) is 5.10 Å². The Bertz CT molecular complexity index is 1120. The fourth-order valence-electron chi connectivity index (χ4n) is 3.64. The smallest absolute Gasteiger partial charge is 0.274 e. The van der Waals surface area contributed by atoms with E-state index in [1.54, 1.807) is 10.7 Å². The Morgan fingerprint density at radius 3 is 2.89 bits per heavy atom. The minimum Gasteiger partial charge on any atom is -0.337 e. The van der Waals surface area contributed by atoms with E-state index in [-0.39, 0.29) is 5.91 Å². The molecule has 0 saturated carbocycles. The molecule has 0 saturated heterocycles. The Kier molecular flexibility index (Phi) is 3.96. The molecule has 5 rings (SSSR count). The molecule has 1 amide bonds. The standard InChI is InChI=1S/C20H21N7O/c1-2-26-11-8-17(23-26)20(28)25-9-5-10-27-14(13-25)12-18(24-27)19-21-15-6-3-4-7-16(15)22-19/h3-4,6-8,11-12H,2,5,9-10,13H2,1H3,(H,21,22). The van der Waals surface area contributed by atoms with Crippen LogP contribution >= 0.6 is 0 Å². The average molecular weight is 375 g/mol. The fraction of sp³-hybridized carbons (Fsp3) is 0.300. The zero-order chi connectivity index (χ0) is 19.1. The average Bonchev–Trinajstić information content (AvgIpc) is 3.42. The maximum atomic E-state index is 12.9. The highest BCUT2D eigenvalue weighted by Crippen LogP contribution is 2.23. The summed E-state index contributed by atoms with van der Waals surface area (Å²) in [6, 6.07) is 11.7. The number of carbonyl (C=O) groups is 1. The number of benzene rings is 1. The first kappa shape index (κ1) is 16.7. The van der Waals surface area contributed by atoms with Crippen molar-refractivity contribution in [3.8, 4) is 11.5 Å². The van der Waals surface area contributed by atoms with Gasteiger partial charge in [0, 0.05) is 25.8 Å². The van der Waals surface area contributed by atoms with Crippen molar-refractivity contribution in [3.63, 3.8) is 0 Å². The van der Waals surface area contributed by atoms with Gasteiger partial charge in [-0.1, -0.05) is 12.1 Å². The first-order valence-corrected chi connectivity index (χ1v) is 9.56. The molecule has 8 heteroatoms. The Morgan fingerprint density at radius 2 is 2.07 bits per heavy atom. The van der Waals surface area contributed by atoms with E-state index in [0.29, 0.717) is 18.8 Å². The van der Waals surface area contributed by atoms with Gasteiger partial charge in [-0.05, 0) is 37.6 Å². The molecule has 3 aromatic heterocycles. The zero-order valence-corrected chi connectivity index (χ0v) is 15.7. The van der Waals surface area contributed by atoms with Crippen molar-refractivity contribution < 1.29 is 4.79 Å². The molecule has 0 bridgehead atoms. The van der Waals surface area contributed by atoms with Gasteiger partial charge in [0.2, 0.25) is 0 Å². The van der Waals surface area contributed by atoms with Gasteiger partial charge in [-0.15, -0.1) is 0 Å². The molecule has 0 spiro atoms. The normalized spacial score (nSPS) is 14.2. The van der Waals surface area contributed by atoms with Crippen molar-refractivity contribution >= 4 is 16.9 Å². The minimum absolute atomic E-state index is 0.0351. The Labute approximate surface area is 161 Å². The molecule has 0 unspecified atom stereocenters. The SMILES string of the molecule is CCn1ccc(C(=O)N2CCCn3nc(-c4nc5ccccc5[nH]4)cc3C2)n1. The number of para-hydroxylation sites is 2. The predicted octanol–water partition coefficient (Wildman–Crippen LogP) is 2.69. The molecule has 0 radical (unpaired) electrons. The molecule has 4 heterocycles. The maximum Gasteiger partial charge on any atom is 0.274 e. The van der Waals surface area contributed by atoms with E-state index >= 15 is 0 Å². The lowest BCUT2D eigenvalue weighted by molar-refractivity contribution is 0.0739. The second-order valence-electron chi connectivity index (χ2n) is 6.98. The van der Waals surface area contributed by atoms with Crippen LogP contribution in [0.5, 0.6) is 0 Å². The minimum atomic E-state index is -0.0351. The summed E-state index contributed by atoms with van der Waals surface area (Å²) < 4.78 is 3.76. The summed E-state index contributed by atoms with van der Waals surface area (Å²) in [7, 11) is 0. The molecule has 142 valence electrons. The lowest BCUT2D eigenvalue weighted by atomic mass is 10.3. The van der Waals surface area contributed by atoms with E-state index in [1.807, 2.05) is 53.0 Å². The van der Waals surface area contributed by atoms with Crippen molar-refractivity contribution in [3.05, 3.63) is 54.0 Å². The summed E-state index contributed by atoms with van der Waals surface area (Å²) in [5, 5.41) is 9.08. The van der Waals surface area contributed by atoms with Crippen molar-refractivity contribution in [2.45, 2.75) is 33.0 Å². The molecule has 8 nitrogen and oxygen atoms in total. The summed E-state index contributed by atoms with van der Waals surface area (Å²) in [6.07, 6.45) is 2.70. The number of H-pyrrole nitrogens is 1. The number of imidazole rings is 1. The van der Waals surface area contributed by atoms with Gasteiger partial charge in [-0.25, -0.2) is 4.98 Å². The van der Waals surface area contributed by atoms with Gasteiger partial charge in [0.15, 0.2) is 5.82 Å². The van der Waals surface area contributed by atoms with Gasteiger partial charge < -0.3 is 9.88 Å². The van der Waals surface area contributed by atoms with Gasteiger partial charge in [0.25, 0.3) is 5.91 Å². The van der Waals surface area contributed by atoms with E-state index in [0.717, 1.165) is 47.8 Å². The van der Waals surface area contributed by atoms with Crippen LogP contribution in [0.3, 0.4) is 0 Å². The van der Waals surface area contributed by atoms with Gasteiger partial charge >= 0.3 is 0 Å². The van der Waals surface area contributed by atoms with Crippen LogP contribution in [0.4, 0.5) is 0 Å². The topological polar surface area (TPSA) is 84.6 Å². The molecular formula is C20H21N7O. The number of aryl methyl sites for hydroxylation is 2. The monoisotopic (exact) mass is 375 g/mol. The summed E-state index contributed by atoms with van der Waals surface area (Å²) in [5.74, 6) is 0.716. The Hall–Kier alpha value is -3.42. The van der Waals surface area contributed by atoms with Crippen LogP contribution in [0.1, 0.15) is 29.5 Å². The molecule has 0 aliphatic carbocycles. The Balaban J connectivity index is 1.43. The van der Waals surface area contributed by atoms with Gasteiger partial charge in [-0.3, -0.25) is 14.2 Å². The lowest BCUT2D eigenvalue weighted by Crippen LogP contribution is -2.31. The summed E-state index contributed by atoms with van der Waals surface area (Å²) in [5.41, 5.74) is 4.22. The van der Waals surface area contributed by atoms with Crippen molar-refractivity contribution in [1.29, 1.82) is 0 Å². The van der Waals surface area contributed by atoms with E-state index in [9.17, 15) is 4.79 Å². The van der Waals surface area contributed by atoms with Crippen LogP contribution in [0.15, 0.2) is 42.6 Å². The number of aromatic amines is 1. The second-order valence-corrected chi connectivity index (χ2v) is 6.98. The van der Waals surface area contributed by atoms with Crippen LogP contribution in [0.2, 0.25) is 0 Å². The highest BCUT2D eigenvalue weighted by atomic mass is 16.2. The highest BCUT2D eigenvalue weighted by molar-refractivity contribution is 5.92. The lowest BCUT2D eigenvalue weighted by Gasteiger charge is -2.18. The fourth-order valence-corrected chi connectivity index (χ4v) is 3.64. The van der Waals surface area contributed by atoms with Crippen LogP contribution in [-0.4, -0.2) is 46.9 Å². The van der Waals surface area contributed by atoms with Crippen LogP contribution in [0, 0.1) is 0 Å². The number of hydrogen-bond acceptors (Lipinski definition) is 4. The second kappa shape index (κ2) is 6.63. The maximum absolute atomic E-state index is 12.9. The molecule has 1 N–H and O–H groups in total. The van der Waals surface area contributed by atoms with E-state index in [1.165, 1.54) is 0 Å². The number of rotatable bonds is 3. The third-order valence-electron chi connectivity index (χ3n) is 5.12. The quantitative estimate of drug-likeness (QED) is 0.597. The predicted molar refractivity (Wildman–Crippen MR) is 105 cm³/mol. The van der Waals surface area contributed by atoms with Crippen LogP contribution in [-0.2, 0) is 19.6 Å². The molecule has 4 aromatic rings. The molecule has 1 aliphatic rings. The van der Waals surface area contributed by atoms with Crippen molar-refractivity contribution in [2.75, 3.05) is 6.54 Å². The highest BCUT2D eigenvalue weighted by Gasteiger charge is 2.24. The molecule has 1 aromatic carbocycles. The zero-order valence-electron chi connectivity index (χ0n) is 15.7. The van der Waals surface area contributed by atoms with E-state index in [2.05, 4.69) is 15.1 Å². The molecule has 0 fully saturated rings. The molecule has 1 aliphatic heterocycles. The number of nitrogens with one attached hydrogen (secondary N) is 1. The summed E-state index contributed by atoms with van der Waals surface area (Å²) in [6.45, 7) is 4.75. The van der Waals surface area contributed by atoms with Gasteiger partial charge in [-0.2, -0.15) is 10.2 Å². The summed E-state index contributed by atoms with van der Waals surface area (Å²) >= 11 is 0. The van der Waals surface area contributed by atoms with Crippen LogP contribution in [0.25, 0.3) is 22.6 Å². The van der Waals surface area contributed by atoms with E-state index < -0.39 is 0 Å². The number of amides is 1. The molecular weight excluding hydrogens is 354 g/mol. The molecule has 28 heavy (non-hydrogen) atoms. The third kappa shape index (κ3) is 2.87. The first-order valence-electron chi connectivity index (χ1n) is 9.56. The number of fused-ring (bicyclic) bond motifs is 2. The largest absolute Gasteiger partial charge is 0.337 e. The van der Waals surface area contributed by atoms with Gasteiger partial charge in [0.05, 0.1) is 23.3 Å². The van der Waals surface area contributed by atoms with Crippen molar-refractivity contribution in [1.82, 2.24) is 34.4 Å². The third-order valence-corrected chi connectivity index (χ3v) is 5.12. The number of nitrogens with zero attached hydrogens (tertiary/aromatic N) is 6. The molecule has 0 atom stereocenters. The first-order chi connectivity index (χ1) is 13.7.